The number of rotatable bonds is 4. The number of ether oxygens (including phenoxy) is 1. The Morgan fingerprint density at radius 1 is 1.23 bits per heavy atom. The van der Waals surface area contributed by atoms with Crippen molar-refractivity contribution >= 4 is 17.4 Å². The van der Waals surface area contributed by atoms with E-state index in [-0.39, 0.29) is 6.61 Å². The van der Waals surface area contributed by atoms with Crippen LogP contribution in [0.2, 0.25) is 0 Å². The first-order chi connectivity index (χ1) is 14.7. The van der Waals surface area contributed by atoms with Crippen molar-refractivity contribution in [2.45, 2.75) is 18.6 Å². The fraction of sp³-hybridized carbons (Fsp3) is 0.286. The van der Waals surface area contributed by atoms with Crippen molar-refractivity contribution in [1.29, 1.82) is 5.26 Å². The summed E-state index contributed by atoms with van der Waals surface area (Å²) in [6.45, 7) is 1.07. The minimum Gasteiger partial charge on any atom is -0.388 e. The van der Waals surface area contributed by atoms with Crippen molar-refractivity contribution in [3.05, 3.63) is 53.3 Å². The molecule has 8 nitrogen and oxygen atoms in total. The first-order valence-corrected chi connectivity index (χ1v) is 10.0. The number of nitrogens with zero attached hydrogens (tertiary/aromatic N) is 6. The van der Waals surface area contributed by atoms with Crippen molar-refractivity contribution < 1.29 is 9.84 Å². The molecule has 1 fully saturated rings. The van der Waals surface area contributed by atoms with E-state index < -0.39 is 5.60 Å². The summed E-state index contributed by atoms with van der Waals surface area (Å²) in [5.41, 5.74) is 1.21. The third-order valence-electron chi connectivity index (χ3n) is 4.90. The molecular formula is C21H18N6O2S. The number of anilines is 1. The lowest BCUT2D eigenvalue weighted by Gasteiger charge is -2.22. The van der Waals surface area contributed by atoms with Gasteiger partial charge in [0.15, 0.2) is 16.6 Å². The highest BCUT2D eigenvalue weighted by atomic mass is 32.1. The lowest BCUT2D eigenvalue weighted by molar-refractivity contribution is 0.0602. The lowest BCUT2D eigenvalue weighted by Crippen LogP contribution is -2.34. The normalized spacial score (nSPS) is 18.0. The molecule has 1 aliphatic heterocycles. The van der Waals surface area contributed by atoms with E-state index in [4.69, 9.17) is 9.84 Å². The number of hydrogen-bond acceptors (Lipinski definition) is 9. The molecular weight excluding hydrogens is 400 g/mol. The third-order valence-corrected chi connectivity index (χ3v) is 5.67. The number of aromatic nitrogens is 4. The van der Waals surface area contributed by atoms with E-state index in [1.165, 1.54) is 11.5 Å². The molecule has 3 aromatic rings. The van der Waals surface area contributed by atoms with E-state index in [2.05, 4.69) is 42.4 Å². The first kappa shape index (κ1) is 19.9. The Bertz CT molecular complexity index is 1140. The van der Waals surface area contributed by atoms with Crippen LogP contribution in [-0.2, 0) is 11.3 Å². The molecule has 1 N–H and O–H groups in total. The molecule has 0 bridgehead atoms. The zero-order valence-corrected chi connectivity index (χ0v) is 17.1. The Morgan fingerprint density at radius 3 is 2.73 bits per heavy atom. The molecule has 0 saturated carbocycles. The highest BCUT2D eigenvalue weighted by molar-refractivity contribution is 7.09. The molecule has 0 spiro atoms. The number of aliphatic hydroxyl groups is 1. The lowest BCUT2D eigenvalue weighted by atomic mass is 10.0. The maximum atomic E-state index is 9.25. The van der Waals surface area contributed by atoms with Crippen LogP contribution in [0.25, 0.3) is 10.7 Å². The second-order valence-corrected chi connectivity index (χ2v) is 7.48. The molecule has 1 unspecified atom stereocenters. The summed E-state index contributed by atoms with van der Waals surface area (Å²) < 4.78 is 9.82. The van der Waals surface area contributed by atoms with Crippen LogP contribution in [-0.4, -0.2) is 50.5 Å². The SMILES string of the molecule is COC1(C#Cc2ccccc2C#N)CCN(c2ccc(-c3nc(CO)ns3)nn2)C1. The van der Waals surface area contributed by atoms with Crippen LogP contribution in [0.5, 0.6) is 0 Å². The van der Waals surface area contributed by atoms with Crippen LogP contribution >= 0.6 is 11.5 Å². The van der Waals surface area contributed by atoms with Crippen LogP contribution in [0, 0.1) is 23.2 Å². The maximum absolute atomic E-state index is 9.25. The predicted molar refractivity (Wildman–Crippen MR) is 111 cm³/mol. The molecule has 2 aromatic heterocycles. The van der Waals surface area contributed by atoms with Crippen molar-refractivity contribution in [3.8, 4) is 28.6 Å². The van der Waals surface area contributed by atoms with Gasteiger partial charge in [0.05, 0.1) is 12.1 Å². The van der Waals surface area contributed by atoms with Gasteiger partial charge in [0.1, 0.15) is 24.0 Å². The molecule has 1 saturated heterocycles. The van der Waals surface area contributed by atoms with Gasteiger partial charge >= 0.3 is 0 Å². The number of methoxy groups -OCH3 is 1. The zero-order valence-electron chi connectivity index (χ0n) is 16.2. The highest BCUT2D eigenvalue weighted by Gasteiger charge is 2.37. The summed E-state index contributed by atoms with van der Waals surface area (Å²) in [6, 6.07) is 13.2. The topological polar surface area (TPSA) is 108 Å². The van der Waals surface area contributed by atoms with E-state index in [9.17, 15) is 5.26 Å². The minimum absolute atomic E-state index is 0.200. The summed E-state index contributed by atoms with van der Waals surface area (Å²) in [5.74, 6) is 7.44. The number of nitriles is 1. The van der Waals surface area contributed by atoms with Gasteiger partial charge in [-0.25, -0.2) is 4.98 Å². The molecule has 1 atom stereocenters. The monoisotopic (exact) mass is 418 g/mol. The van der Waals surface area contributed by atoms with Crippen molar-refractivity contribution in [3.63, 3.8) is 0 Å². The summed E-state index contributed by atoms with van der Waals surface area (Å²) in [6.07, 6.45) is 0.713. The van der Waals surface area contributed by atoms with E-state index in [1.807, 2.05) is 30.3 Å². The average Bonchev–Trinajstić information content (AvgIpc) is 3.46. The zero-order chi connectivity index (χ0) is 21.0. The average molecular weight is 418 g/mol. The van der Waals surface area contributed by atoms with Gasteiger partial charge in [0.2, 0.25) is 0 Å². The van der Waals surface area contributed by atoms with E-state index in [1.54, 1.807) is 13.2 Å². The van der Waals surface area contributed by atoms with Crippen LogP contribution in [0.1, 0.15) is 23.4 Å². The molecule has 1 aromatic carbocycles. The predicted octanol–water partition coefficient (Wildman–Crippen LogP) is 2.01. The van der Waals surface area contributed by atoms with Gasteiger partial charge in [-0.3, -0.25) is 0 Å². The minimum atomic E-state index is -0.641. The number of hydrogen-bond donors (Lipinski definition) is 1. The van der Waals surface area contributed by atoms with Gasteiger partial charge < -0.3 is 14.7 Å². The Balaban J connectivity index is 1.51. The molecule has 3 heterocycles. The fourth-order valence-electron chi connectivity index (χ4n) is 3.20. The number of benzene rings is 1. The van der Waals surface area contributed by atoms with E-state index >= 15 is 0 Å². The molecule has 150 valence electrons. The van der Waals surface area contributed by atoms with Gasteiger partial charge in [0, 0.05) is 25.6 Å². The van der Waals surface area contributed by atoms with Crippen molar-refractivity contribution in [1.82, 2.24) is 19.6 Å². The van der Waals surface area contributed by atoms with Gasteiger partial charge in [-0.05, 0) is 35.8 Å². The Morgan fingerprint density at radius 2 is 2.07 bits per heavy atom. The van der Waals surface area contributed by atoms with Gasteiger partial charge in [-0.1, -0.05) is 24.0 Å². The summed E-state index contributed by atoms with van der Waals surface area (Å²) >= 11 is 1.18. The first-order valence-electron chi connectivity index (χ1n) is 9.26. The molecule has 0 amide bonds. The molecule has 1 aliphatic rings. The highest BCUT2D eigenvalue weighted by Crippen LogP contribution is 2.29. The van der Waals surface area contributed by atoms with Crippen LogP contribution < -0.4 is 4.90 Å². The second-order valence-electron chi connectivity index (χ2n) is 6.73. The quantitative estimate of drug-likeness (QED) is 0.641. The molecule has 9 heteroatoms. The van der Waals surface area contributed by atoms with Gasteiger partial charge in [-0.15, -0.1) is 10.2 Å². The smallest absolute Gasteiger partial charge is 0.168 e. The molecule has 30 heavy (non-hydrogen) atoms. The Labute approximate surface area is 178 Å². The summed E-state index contributed by atoms with van der Waals surface area (Å²) in [5, 5.41) is 27.5. The van der Waals surface area contributed by atoms with Gasteiger partial charge in [0.25, 0.3) is 0 Å². The van der Waals surface area contributed by atoms with Crippen molar-refractivity contribution in [2.75, 3.05) is 25.1 Å². The molecule has 0 aliphatic carbocycles. The maximum Gasteiger partial charge on any atom is 0.168 e. The third kappa shape index (κ3) is 4.00. The van der Waals surface area contributed by atoms with Crippen LogP contribution in [0.15, 0.2) is 36.4 Å². The molecule has 0 radical (unpaired) electrons. The fourth-order valence-corrected chi connectivity index (χ4v) is 3.84. The standard InChI is InChI=1S/C21H18N6O2S/c1-29-21(9-8-15-4-2-3-5-16(15)12-22)10-11-27(14-21)19-7-6-17(24-25-19)20-23-18(13-28)26-30-20/h2-7,28H,10-11,13-14H2,1H3. The van der Waals surface area contributed by atoms with Crippen LogP contribution in [0.4, 0.5) is 5.82 Å². The van der Waals surface area contributed by atoms with E-state index in [0.717, 1.165) is 12.4 Å². The van der Waals surface area contributed by atoms with Gasteiger partial charge in [-0.2, -0.15) is 9.64 Å². The second kappa shape index (κ2) is 8.56. The number of aliphatic hydroxyl groups excluding tert-OH is 1. The Kier molecular flexibility index (Phi) is 5.68. The van der Waals surface area contributed by atoms with Crippen molar-refractivity contribution in [2.24, 2.45) is 0 Å². The largest absolute Gasteiger partial charge is 0.388 e. The molecule has 4 rings (SSSR count). The summed E-state index contributed by atoms with van der Waals surface area (Å²) in [4.78, 5) is 6.28. The van der Waals surface area contributed by atoms with Crippen LogP contribution in [0.3, 0.4) is 0 Å². The summed E-state index contributed by atoms with van der Waals surface area (Å²) in [7, 11) is 1.65. The Hall–Kier alpha value is -3.37. The van der Waals surface area contributed by atoms with E-state index in [0.29, 0.717) is 40.6 Å².